The quantitative estimate of drug-likeness (QED) is 0.0485. The van der Waals surface area contributed by atoms with Gasteiger partial charge < -0.3 is 20.1 Å². The summed E-state index contributed by atoms with van der Waals surface area (Å²) >= 11 is -2.11. The van der Waals surface area contributed by atoms with Gasteiger partial charge >= 0.3 is 0 Å². The summed E-state index contributed by atoms with van der Waals surface area (Å²) in [6.45, 7) is 9.13. The van der Waals surface area contributed by atoms with Crippen molar-refractivity contribution in [1.82, 2.24) is 5.32 Å². The van der Waals surface area contributed by atoms with Gasteiger partial charge in [-0.15, -0.1) is 0 Å². The second-order valence-electron chi connectivity index (χ2n) is 13.4. The van der Waals surface area contributed by atoms with Gasteiger partial charge in [0.2, 0.25) is 5.91 Å². The molecular formula is C34H69NO5S. The Morgan fingerprint density at radius 2 is 0.927 bits per heavy atom. The maximum atomic E-state index is 12.5. The van der Waals surface area contributed by atoms with Gasteiger partial charge in [0.05, 0.1) is 30.4 Å². The molecule has 0 aromatic heterocycles. The van der Waals surface area contributed by atoms with Crippen LogP contribution < -0.4 is 5.32 Å². The molecule has 0 bridgehead atoms. The average Bonchev–Trinajstić information content (AvgIpc) is 2.89. The highest BCUT2D eigenvalue weighted by molar-refractivity contribution is 7.79. The lowest BCUT2D eigenvalue weighted by atomic mass is 10.0. The van der Waals surface area contributed by atoms with Crippen molar-refractivity contribution in [3.05, 3.63) is 0 Å². The third kappa shape index (κ3) is 29.4. The second kappa shape index (κ2) is 28.3. The average molecular weight is 604 g/mol. The van der Waals surface area contributed by atoms with Crippen LogP contribution >= 0.6 is 0 Å². The molecule has 1 amide bonds. The summed E-state index contributed by atoms with van der Waals surface area (Å²) in [5, 5.41) is 23.6. The van der Waals surface area contributed by atoms with Gasteiger partial charge in [0.15, 0.2) is 11.1 Å². The molecule has 0 fully saturated rings. The van der Waals surface area contributed by atoms with Crippen LogP contribution in [0.4, 0.5) is 0 Å². The zero-order valence-corrected chi connectivity index (χ0v) is 28.2. The van der Waals surface area contributed by atoms with E-state index in [1.165, 1.54) is 96.3 Å². The van der Waals surface area contributed by atoms with Crippen molar-refractivity contribution >= 4 is 17.0 Å². The van der Waals surface area contributed by atoms with Crippen molar-refractivity contribution < 1.29 is 23.8 Å². The van der Waals surface area contributed by atoms with Crippen LogP contribution in [0.1, 0.15) is 175 Å². The number of hydrogen-bond acceptors (Lipinski definition) is 4. The molecule has 6 nitrogen and oxygen atoms in total. The van der Waals surface area contributed by atoms with Crippen LogP contribution in [0, 0.1) is 11.8 Å². The smallest absolute Gasteiger partial charge is 0.222 e. The number of nitrogens with one attached hydrogen (secondary N) is 1. The van der Waals surface area contributed by atoms with Gasteiger partial charge in [0.25, 0.3) is 0 Å². The first kappa shape index (κ1) is 40.5. The first-order valence-electron chi connectivity index (χ1n) is 17.3. The van der Waals surface area contributed by atoms with Gasteiger partial charge in [-0.25, -0.2) is 4.21 Å². The number of carbonyl (C=O) groups is 1. The third-order valence-corrected chi connectivity index (χ3v) is 8.80. The summed E-state index contributed by atoms with van der Waals surface area (Å²) < 4.78 is 20.8. The fourth-order valence-corrected chi connectivity index (χ4v) is 6.11. The lowest BCUT2D eigenvalue weighted by Crippen LogP contribution is -2.47. The molecule has 0 aliphatic rings. The molecule has 246 valence electrons. The monoisotopic (exact) mass is 603 g/mol. The lowest BCUT2D eigenvalue weighted by Gasteiger charge is -2.23. The molecule has 0 aromatic rings. The second-order valence-corrected chi connectivity index (χ2v) is 14.4. The minimum atomic E-state index is -2.11. The Bertz CT molecular complexity index is 616. The van der Waals surface area contributed by atoms with Gasteiger partial charge in [-0.05, 0) is 24.7 Å². The minimum Gasteiger partial charge on any atom is -0.393 e. The van der Waals surface area contributed by atoms with E-state index in [4.69, 9.17) is 0 Å². The number of amides is 1. The first-order valence-corrected chi connectivity index (χ1v) is 18.6. The molecule has 0 saturated carbocycles. The summed E-state index contributed by atoms with van der Waals surface area (Å²) in [6, 6.07) is -0.767. The molecule has 0 rings (SSSR count). The van der Waals surface area contributed by atoms with E-state index in [1.807, 2.05) is 0 Å². The van der Waals surface area contributed by atoms with Crippen molar-refractivity contribution in [2.24, 2.45) is 11.8 Å². The van der Waals surface area contributed by atoms with Crippen LogP contribution in [0.15, 0.2) is 0 Å². The summed E-state index contributed by atoms with van der Waals surface area (Å²) in [6.07, 6.45) is 23.8. The highest BCUT2D eigenvalue weighted by Crippen LogP contribution is 2.16. The highest BCUT2D eigenvalue weighted by atomic mass is 32.2. The van der Waals surface area contributed by atoms with Crippen molar-refractivity contribution in [3.8, 4) is 0 Å². The number of aliphatic hydroxyl groups is 2. The van der Waals surface area contributed by atoms with Crippen LogP contribution in [0.2, 0.25) is 0 Å². The van der Waals surface area contributed by atoms with Crippen molar-refractivity contribution in [2.75, 3.05) is 5.75 Å². The lowest BCUT2D eigenvalue weighted by molar-refractivity contribution is -0.124. The summed E-state index contributed by atoms with van der Waals surface area (Å²) in [5.41, 5.74) is 0. The predicted octanol–water partition coefficient (Wildman–Crippen LogP) is 8.70. The Morgan fingerprint density at radius 3 is 1.29 bits per heavy atom. The van der Waals surface area contributed by atoms with Crippen LogP contribution in [0.3, 0.4) is 0 Å². The molecule has 4 unspecified atom stereocenters. The van der Waals surface area contributed by atoms with Crippen LogP contribution in [0.5, 0.6) is 0 Å². The molecule has 0 aliphatic heterocycles. The maximum absolute atomic E-state index is 12.5. The Kier molecular flexibility index (Phi) is 27.9. The van der Waals surface area contributed by atoms with Crippen LogP contribution in [0.25, 0.3) is 0 Å². The van der Waals surface area contributed by atoms with Gasteiger partial charge in [-0.3, -0.25) is 4.79 Å². The van der Waals surface area contributed by atoms with E-state index in [0.717, 1.165) is 43.9 Å². The Hall–Kier alpha value is -0.500. The Balaban J connectivity index is 3.95. The number of carbonyl (C=O) groups excluding carboxylic acids is 1. The zero-order chi connectivity index (χ0) is 30.7. The van der Waals surface area contributed by atoms with Crippen molar-refractivity contribution in [3.63, 3.8) is 0 Å². The van der Waals surface area contributed by atoms with Crippen molar-refractivity contribution in [2.45, 2.75) is 194 Å². The molecule has 0 aromatic carbocycles. The highest BCUT2D eigenvalue weighted by Gasteiger charge is 2.24. The number of aliphatic hydroxyl groups excluding tert-OH is 2. The fraction of sp³-hybridized carbons (Fsp3) is 0.971. The van der Waals surface area contributed by atoms with Gasteiger partial charge in [-0.2, -0.15) is 0 Å². The van der Waals surface area contributed by atoms with E-state index < -0.39 is 29.3 Å². The molecule has 4 N–H and O–H groups in total. The third-order valence-electron chi connectivity index (χ3n) is 8.15. The van der Waals surface area contributed by atoms with Crippen LogP contribution in [-0.2, 0) is 15.9 Å². The van der Waals surface area contributed by atoms with E-state index in [2.05, 4.69) is 33.0 Å². The summed E-state index contributed by atoms with van der Waals surface area (Å²) in [7, 11) is 0. The topological polar surface area (TPSA) is 107 Å². The van der Waals surface area contributed by atoms with Gasteiger partial charge in [0, 0.05) is 0 Å². The molecule has 4 atom stereocenters. The zero-order valence-electron chi connectivity index (χ0n) is 27.4. The SMILES string of the molecule is CC(C)CCCCCCCCCCCC(O)CC(=O)NC(CS(=O)O)C(O)CCCCCCCCCCCC(C)C. The number of unbranched alkanes of at least 4 members (excludes halogenated alkanes) is 16. The van der Waals surface area contributed by atoms with E-state index in [9.17, 15) is 23.8 Å². The molecule has 0 radical (unpaired) electrons. The molecule has 0 aliphatic carbocycles. The van der Waals surface area contributed by atoms with Crippen molar-refractivity contribution in [1.29, 1.82) is 0 Å². The van der Waals surface area contributed by atoms with Gasteiger partial charge in [-0.1, -0.05) is 156 Å². The van der Waals surface area contributed by atoms with Gasteiger partial charge in [0.1, 0.15) is 0 Å². The summed E-state index contributed by atoms with van der Waals surface area (Å²) in [4.78, 5) is 12.5. The normalized spacial score (nSPS) is 14.9. The standard InChI is InChI=1S/C34H69NO5S/c1-29(2)23-19-15-11-7-5-9-13-17-21-25-31(36)27-34(38)35-32(28-41(39)40)33(37)26-22-18-14-10-6-8-12-16-20-24-30(3)4/h29-33,36-37H,5-28H2,1-4H3,(H,35,38)(H,39,40). The van der Waals surface area contributed by atoms with E-state index in [0.29, 0.717) is 12.8 Å². The Morgan fingerprint density at radius 1 is 0.585 bits per heavy atom. The van der Waals surface area contributed by atoms with Crippen LogP contribution in [-0.4, -0.2) is 48.9 Å². The van der Waals surface area contributed by atoms with E-state index in [-0.39, 0.29) is 18.1 Å². The fourth-order valence-electron chi connectivity index (χ4n) is 5.50. The first-order chi connectivity index (χ1) is 19.6. The number of hydrogen-bond donors (Lipinski definition) is 4. The largest absolute Gasteiger partial charge is 0.393 e. The molecule has 0 heterocycles. The molecular weight excluding hydrogens is 534 g/mol. The molecule has 7 heteroatoms. The Labute approximate surface area is 256 Å². The predicted molar refractivity (Wildman–Crippen MR) is 175 cm³/mol. The number of rotatable bonds is 30. The molecule has 0 saturated heterocycles. The molecule has 0 spiro atoms. The summed E-state index contributed by atoms with van der Waals surface area (Å²) in [5.74, 6) is 1.05. The minimum absolute atomic E-state index is 0.0326. The molecule has 41 heavy (non-hydrogen) atoms. The maximum Gasteiger partial charge on any atom is 0.222 e. The van der Waals surface area contributed by atoms with E-state index >= 15 is 0 Å². The van der Waals surface area contributed by atoms with E-state index in [1.54, 1.807) is 0 Å².